The standard InChI is InChI=1S/C31H38FN7O3S/c1-7-10-27(40)39(38-17-20(3)37(5)21(4)18-38)25-13-8-11-22-23(16-33-30(22)25)29-19(2)15-34-31(36-29)35-24-12-9-14-26(28(24)32)43(6,41)42/h8-9,11-16,20-21,33H,7,10,17-18H2,1-6H3,(H,34,35,36)/t20-,21-/m0/s1. The Bertz CT molecular complexity index is 1760. The van der Waals surface area contributed by atoms with Crippen LogP contribution in [0, 0.1) is 12.7 Å². The number of fused-ring (bicyclic) bond motifs is 1. The number of rotatable bonds is 8. The highest BCUT2D eigenvalue weighted by Gasteiger charge is 2.33. The lowest BCUT2D eigenvalue weighted by atomic mass is 10.1. The van der Waals surface area contributed by atoms with Gasteiger partial charge in [0.05, 0.1) is 22.6 Å². The first-order valence-corrected chi connectivity index (χ1v) is 16.3. The fourth-order valence-corrected chi connectivity index (χ4v) is 6.37. The molecule has 1 saturated heterocycles. The van der Waals surface area contributed by atoms with Crippen molar-refractivity contribution in [2.24, 2.45) is 0 Å². The molecule has 0 radical (unpaired) electrons. The number of benzene rings is 2. The highest BCUT2D eigenvalue weighted by Crippen LogP contribution is 2.36. The zero-order chi connectivity index (χ0) is 31.1. The number of H-pyrrole nitrogens is 1. The molecular weight excluding hydrogens is 569 g/mol. The second-order valence-electron chi connectivity index (χ2n) is 11.3. The Morgan fingerprint density at radius 1 is 1.16 bits per heavy atom. The number of amides is 1. The first kappa shape index (κ1) is 30.6. The molecule has 3 heterocycles. The van der Waals surface area contributed by atoms with Gasteiger partial charge in [-0.3, -0.25) is 9.69 Å². The lowest BCUT2D eigenvalue weighted by Crippen LogP contribution is -2.61. The number of carbonyl (C=O) groups excluding carboxylic acids is 1. The van der Waals surface area contributed by atoms with Crippen molar-refractivity contribution < 1.29 is 17.6 Å². The molecule has 0 aliphatic carbocycles. The topological polar surface area (TPSA) is 115 Å². The average molecular weight is 608 g/mol. The Morgan fingerprint density at radius 2 is 1.86 bits per heavy atom. The number of carbonyl (C=O) groups is 1. The third-order valence-corrected chi connectivity index (χ3v) is 9.20. The van der Waals surface area contributed by atoms with E-state index in [-0.39, 0.29) is 29.6 Å². The summed E-state index contributed by atoms with van der Waals surface area (Å²) in [6, 6.07) is 10.5. The van der Waals surface area contributed by atoms with Crippen molar-refractivity contribution in [3.05, 3.63) is 60.2 Å². The number of hydrogen-bond donors (Lipinski definition) is 2. The molecule has 43 heavy (non-hydrogen) atoms. The van der Waals surface area contributed by atoms with Crippen LogP contribution in [0.4, 0.5) is 21.7 Å². The molecule has 1 amide bonds. The minimum atomic E-state index is -3.76. The van der Waals surface area contributed by atoms with Crippen LogP contribution in [0.25, 0.3) is 22.2 Å². The molecule has 0 unspecified atom stereocenters. The Balaban J connectivity index is 1.55. The molecule has 1 aliphatic heterocycles. The summed E-state index contributed by atoms with van der Waals surface area (Å²) >= 11 is 0. The first-order chi connectivity index (χ1) is 20.4. The van der Waals surface area contributed by atoms with Crippen LogP contribution < -0.4 is 10.3 Å². The number of nitrogens with one attached hydrogen (secondary N) is 2. The van der Waals surface area contributed by atoms with E-state index in [0.29, 0.717) is 12.1 Å². The molecule has 0 spiro atoms. The van der Waals surface area contributed by atoms with Crippen LogP contribution in [0.2, 0.25) is 0 Å². The number of aryl methyl sites for hydroxylation is 1. The number of hydrazine groups is 1. The second-order valence-corrected chi connectivity index (χ2v) is 13.3. The van der Waals surface area contributed by atoms with E-state index in [0.717, 1.165) is 53.5 Å². The van der Waals surface area contributed by atoms with Gasteiger partial charge in [0.15, 0.2) is 15.7 Å². The SMILES string of the molecule is CCCC(=O)N(c1cccc2c(-c3nc(Nc4cccc(S(C)(=O)=O)c4F)ncc3C)c[nH]c12)N1C[C@H](C)N(C)[C@@H](C)C1. The van der Waals surface area contributed by atoms with Crippen LogP contribution in [-0.4, -0.2) is 77.7 Å². The number of sulfone groups is 1. The normalized spacial score (nSPS) is 18.2. The van der Waals surface area contributed by atoms with Crippen molar-refractivity contribution in [2.45, 2.75) is 57.5 Å². The van der Waals surface area contributed by atoms with Crippen molar-refractivity contribution in [1.82, 2.24) is 24.9 Å². The van der Waals surface area contributed by atoms with Crippen molar-refractivity contribution >= 4 is 44.0 Å². The van der Waals surface area contributed by atoms with E-state index in [1.54, 1.807) is 6.20 Å². The van der Waals surface area contributed by atoms with Gasteiger partial charge in [-0.2, -0.15) is 0 Å². The van der Waals surface area contributed by atoms with E-state index in [1.165, 1.54) is 18.2 Å². The van der Waals surface area contributed by atoms with Gasteiger partial charge in [0, 0.05) is 61.2 Å². The number of piperazine rings is 1. The molecule has 0 saturated carbocycles. The maximum atomic E-state index is 15.0. The number of nitrogens with zero attached hydrogens (tertiary/aromatic N) is 5. The van der Waals surface area contributed by atoms with Crippen molar-refractivity contribution in [1.29, 1.82) is 0 Å². The van der Waals surface area contributed by atoms with Gasteiger partial charge in [-0.05, 0) is 58.0 Å². The highest BCUT2D eigenvalue weighted by atomic mass is 32.2. The van der Waals surface area contributed by atoms with E-state index < -0.39 is 20.5 Å². The Kier molecular flexibility index (Phi) is 8.55. The third kappa shape index (κ3) is 5.99. The van der Waals surface area contributed by atoms with E-state index in [1.807, 2.05) is 43.3 Å². The van der Waals surface area contributed by atoms with Gasteiger partial charge in [-0.1, -0.05) is 25.1 Å². The molecule has 4 aromatic rings. The van der Waals surface area contributed by atoms with Crippen molar-refractivity contribution in [3.63, 3.8) is 0 Å². The minimum absolute atomic E-state index is 0.0400. The summed E-state index contributed by atoms with van der Waals surface area (Å²) < 4.78 is 39.1. The minimum Gasteiger partial charge on any atom is -0.359 e. The van der Waals surface area contributed by atoms with Crippen LogP contribution in [0.1, 0.15) is 39.2 Å². The summed E-state index contributed by atoms with van der Waals surface area (Å²) in [5.74, 6) is -0.731. The number of hydrogen-bond acceptors (Lipinski definition) is 8. The van der Waals surface area contributed by atoms with Crippen molar-refractivity contribution in [3.8, 4) is 11.3 Å². The maximum Gasteiger partial charge on any atom is 0.241 e. The Hall–Kier alpha value is -3.87. The Morgan fingerprint density at radius 3 is 2.53 bits per heavy atom. The molecule has 10 nitrogen and oxygen atoms in total. The van der Waals surface area contributed by atoms with Crippen LogP contribution in [0.5, 0.6) is 0 Å². The van der Waals surface area contributed by atoms with Gasteiger partial charge in [0.1, 0.15) is 4.90 Å². The average Bonchev–Trinajstić information content (AvgIpc) is 3.38. The van der Waals surface area contributed by atoms with Crippen LogP contribution in [-0.2, 0) is 14.6 Å². The lowest BCUT2D eigenvalue weighted by Gasteiger charge is -2.46. The van der Waals surface area contributed by atoms with Gasteiger partial charge in [0.2, 0.25) is 11.9 Å². The van der Waals surface area contributed by atoms with E-state index in [2.05, 4.69) is 46.1 Å². The first-order valence-electron chi connectivity index (χ1n) is 14.4. The predicted molar refractivity (Wildman–Crippen MR) is 168 cm³/mol. The quantitative estimate of drug-likeness (QED) is 0.278. The zero-order valence-electron chi connectivity index (χ0n) is 25.3. The fraction of sp³-hybridized carbons (Fsp3) is 0.387. The molecule has 12 heteroatoms. The molecule has 2 aromatic heterocycles. The smallest absolute Gasteiger partial charge is 0.241 e. The number of para-hydroxylation sites is 1. The number of anilines is 3. The zero-order valence-corrected chi connectivity index (χ0v) is 26.2. The molecular formula is C31H38FN7O3S. The summed E-state index contributed by atoms with van der Waals surface area (Å²) in [6.45, 7) is 9.67. The van der Waals surface area contributed by atoms with Crippen LogP contribution in [0.3, 0.4) is 0 Å². The van der Waals surface area contributed by atoms with Crippen LogP contribution in [0.15, 0.2) is 53.7 Å². The molecule has 2 aromatic carbocycles. The van der Waals surface area contributed by atoms with E-state index in [9.17, 15) is 13.2 Å². The fourth-order valence-electron chi connectivity index (χ4n) is 5.60. The Labute approximate surface area is 251 Å². The maximum absolute atomic E-state index is 15.0. The van der Waals surface area contributed by atoms with Gasteiger partial charge in [0.25, 0.3) is 0 Å². The number of likely N-dealkylation sites (N-methyl/N-ethyl adjacent to an activating group) is 1. The van der Waals surface area contributed by atoms with Gasteiger partial charge in [-0.25, -0.2) is 32.8 Å². The summed E-state index contributed by atoms with van der Waals surface area (Å²) in [5, 5.41) is 7.70. The molecule has 1 aliphatic rings. The number of aromatic nitrogens is 3. The van der Waals surface area contributed by atoms with E-state index in [4.69, 9.17) is 4.98 Å². The molecule has 2 atom stereocenters. The molecule has 1 fully saturated rings. The second kappa shape index (κ2) is 12.0. The van der Waals surface area contributed by atoms with Crippen LogP contribution >= 0.6 is 0 Å². The largest absolute Gasteiger partial charge is 0.359 e. The number of aromatic amines is 1. The summed E-state index contributed by atoms with van der Waals surface area (Å²) in [6.07, 6.45) is 5.62. The van der Waals surface area contributed by atoms with Gasteiger partial charge >= 0.3 is 0 Å². The molecule has 228 valence electrons. The lowest BCUT2D eigenvalue weighted by molar-refractivity contribution is -0.122. The highest BCUT2D eigenvalue weighted by molar-refractivity contribution is 7.90. The molecule has 5 rings (SSSR count). The summed E-state index contributed by atoms with van der Waals surface area (Å²) in [5.41, 5.74) is 3.75. The number of halogens is 1. The monoisotopic (exact) mass is 607 g/mol. The summed E-state index contributed by atoms with van der Waals surface area (Å²) in [7, 11) is -1.64. The molecule has 0 bridgehead atoms. The third-order valence-electron chi connectivity index (χ3n) is 8.08. The predicted octanol–water partition coefficient (Wildman–Crippen LogP) is 5.29. The van der Waals surface area contributed by atoms with Crippen molar-refractivity contribution in [2.75, 3.05) is 36.7 Å². The van der Waals surface area contributed by atoms with Gasteiger partial charge in [-0.15, -0.1) is 0 Å². The van der Waals surface area contributed by atoms with E-state index >= 15 is 4.39 Å². The summed E-state index contributed by atoms with van der Waals surface area (Å²) in [4.78, 5) is 27.9. The molecule has 2 N–H and O–H groups in total. The van der Waals surface area contributed by atoms with Gasteiger partial charge < -0.3 is 10.3 Å².